The van der Waals surface area contributed by atoms with E-state index in [4.69, 9.17) is 0 Å². The van der Waals surface area contributed by atoms with Crippen molar-refractivity contribution in [2.24, 2.45) is 0 Å². The van der Waals surface area contributed by atoms with E-state index in [1.807, 2.05) is 23.1 Å². The van der Waals surface area contributed by atoms with E-state index in [0.29, 0.717) is 6.42 Å². The number of hydrogen-bond acceptors (Lipinski definition) is 2. The zero-order valence-electron chi connectivity index (χ0n) is 10.4. The van der Waals surface area contributed by atoms with E-state index in [2.05, 4.69) is 24.4 Å². The van der Waals surface area contributed by atoms with Crippen LogP contribution in [0.2, 0.25) is 0 Å². The second-order valence-electron chi connectivity index (χ2n) is 4.51. The molecule has 0 aliphatic carbocycles. The predicted molar refractivity (Wildman–Crippen MR) is 68.7 cm³/mol. The van der Waals surface area contributed by atoms with Crippen molar-refractivity contribution in [3.63, 3.8) is 0 Å². The van der Waals surface area contributed by atoms with Crippen LogP contribution < -0.4 is 5.32 Å². The molecule has 92 valence electrons. The number of amides is 1. The molecule has 0 bridgehead atoms. The Morgan fingerprint density at radius 2 is 2.18 bits per heavy atom. The standard InChI is InChI=1S/C14H20N2O/c1-2-6-14(17)16-10-9-15-13(11-16)12-7-4-3-5-8-12/h3-5,7-8,13,15H,2,6,9-11H2,1H3. The van der Waals surface area contributed by atoms with Gasteiger partial charge < -0.3 is 10.2 Å². The molecule has 0 spiro atoms. The highest BCUT2D eigenvalue weighted by Crippen LogP contribution is 2.17. The molecular formula is C14H20N2O. The average Bonchev–Trinajstić information content (AvgIpc) is 2.40. The van der Waals surface area contributed by atoms with Gasteiger partial charge in [0.2, 0.25) is 5.91 Å². The fraction of sp³-hybridized carbons (Fsp3) is 0.500. The minimum Gasteiger partial charge on any atom is -0.340 e. The van der Waals surface area contributed by atoms with Crippen molar-refractivity contribution in [3.8, 4) is 0 Å². The number of piperazine rings is 1. The second kappa shape index (κ2) is 5.82. The molecular weight excluding hydrogens is 212 g/mol. The largest absolute Gasteiger partial charge is 0.340 e. The van der Waals surface area contributed by atoms with Crippen LogP contribution in [0, 0.1) is 0 Å². The Balaban J connectivity index is 2.00. The Bertz CT molecular complexity index is 364. The van der Waals surface area contributed by atoms with Crippen molar-refractivity contribution in [3.05, 3.63) is 35.9 Å². The van der Waals surface area contributed by atoms with Gasteiger partial charge >= 0.3 is 0 Å². The lowest BCUT2D eigenvalue weighted by atomic mass is 10.0. The molecule has 3 heteroatoms. The third-order valence-corrected chi connectivity index (χ3v) is 3.19. The van der Waals surface area contributed by atoms with E-state index in [1.54, 1.807) is 0 Å². The third kappa shape index (κ3) is 3.07. The molecule has 1 amide bonds. The van der Waals surface area contributed by atoms with Gasteiger partial charge in [0.15, 0.2) is 0 Å². The van der Waals surface area contributed by atoms with Crippen LogP contribution in [0.1, 0.15) is 31.4 Å². The van der Waals surface area contributed by atoms with Gasteiger partial charge in [0.25, 0.3) is 0 Å². The summed E-state index contributed by atoms with van der Waals surface area (Å²) in [4.78, 5) is 13.9. The van der Waals surface area contributed by atoms with Crippen molar-refractivity contribution in [2.45, 2.75) is 25.8 Å². The molecule has 1 atom stereocenters. The highest BCUT2D eigenvalue weighted by Gasteiger charge is 2.23. The molecule has 1 N–H and O–H groups in total. The quantitative estimate of drug-likeness (QED) is 0.864. The normalized spacial score (nSPS) is 20.3. The van der Waals surface area contributed by atoms with Crippen LogP contribution in [-0.2, 0) is 4.79 Å². The summed E-state index contributed by atoms with van der Waals surface area (Å²) in [5.74, 6) is 0.287. The summed E-state index contributed by atoms with van der Waals surface area (Å²) in [6.45, 7) is 4.56. The monoisotopic (exact) mass is 232 g/mol. The van der Waals surface area contributed by atoms with Crippen LogP contribution in [0.4, 0.5) is 0 Å². The summed E-state index contributed by atoms with van der Waals surface area (Å²) >= 11 is 0. The minimum absolute atomic E-state index is 0.283. The maximum atomic E-state index is 11.9. The molecule has 0 aromatic heterocycles. The topological polar surface area (TPSA) is 32.3 Å². The zero-order chi connectivity index (χ0) is 12.1. The lowest BCUT2D eigenvalue weighted by molar-refractivity contribution is -0.132. The van der Waals surface area contributed by atoms with Crippen LogP contribution in [0.5, 0.6) is 0 Å². The number of nitrogens with one attached hydrogen (secondary N) is 1. The minimum atomic E-state index is 0.283. The van der Waals surface area contributed by atoms with Gasteiger partial charge in [0.1, 0.15) is 0 Å². The van der Waals surface area contributed by atoms with E-state index in [1.165, 1.54) is 5.56 Å². The number of nitrogens with zero attached hydrogens (tertiary/aromatic N) is 1. The van der Waals surface area contributed by atoms with E-state index >= 15 is 0 Å². The molecule has 1 aliphatic heterocycles. The molecule has 0 radical (unpaired) electrons. The smallest absolute Gasteiger partial charge is 0.222 e. The number of carbonyl (C=O) groups is 1. The fourth-order valence-electron chi connectivity index (χ4n) is 2.26. The Kier molecular flexibility index (Phi) is 4.15. The van der Waals surface area contributed by atoms with Gasteiger partial charge in [-0.2, -0.15) is 0 Å². The second-order valence-corrected chi connectivity index (χ2v) is 4.51. The van der Waals surface area contributed by atoms with E-state index in [0.717, 1.165) is 26.1 Å². The molecule has 2 rings (SSSR count). The molecule has 1 aliphatic rings. The summed E-state index contributed by atoms with van der Waals surface area (Å²) < 4.78 is 0. The molecule has 1 aromatic carbocycles. The third-order valence-electron chi connectivity index (χ3n) is 3.19. The Labute approximate surface area is 103 Å². The molecule has 1 fully saturated rings. The van der Waals surface area contributed by atoms with Crippen LogP contribution in [0.3, 0.4) is 0 Å². The van der Waals surface area contributed by atoms with Gasteiger partial charge in [-0.25, -0.2) is 0 Å². The maximum absolute atomic E-state index is 11.9. The molecule has 1 unspecified atom stereocenters. The van der Waals surface area contributed by atoms with Crippen molar-refractivity contribution < 1.29 is 4.79 Å². The first kappa shape index (κ1) is 12.1. The molecule has 0 saturated carbocycles. The Morgan fingerprint density at radius 1 is 1.41 bits per heavy atom. The van der Waals surface area contributed by atoms with Gasteiger partial charge in [-0.1, -0.05) is 37.3 Å². The Morgan fingerprint density at radius 3 is 2.88 bits per heavy atom. The van der Waals surface area contributed by atoms with Crippen molar-refractivity contribution >= 4 is 5.91 Å². The summed E-state index contributed by atoms with van der Waals surface area (Å²) in [7, 11) is 0. The van der Waals surface area contributed by atoms with Gasteiger partial charge in [-0.3, -0.25) is 4.79 Å². The first-order valence-corrected chi connectivity index (χ1v) is 6.37. The summed E-state index contributed by atoms with van der Waals surface area (Å²) in [6, 6.07) is 10.6. The van der Waals surface area contributed by atoms with Crippen LogP contribution in [-0.4, -0.2) is 30.4 Å². The molecule has 3 nitrogen and oxygen atoms in total. The number of rotatable bonds is 3. The molecule has 1 aromatic rings. The number of hydrogen-bond donors (Lipinski definition) is 1. The van der Waals surface area contributed by atoms with Gasteiger partial charge in [0, 0.05) is 32.1 Å². The van der Waals surface area contributed by atoms with Crippen molar-refractivity contribution in [2.75, 3.05) is 19.6 Å². The number of carbonyl (C=O) groups excluding carboxylic acids is 1. The first-order valence-electron chi connectivity index (χ1n) is 6.37. The lowest BCUT2D eigenvalue weighted by Crippen LogP contribution is -2.48. The highest BCUT2D eigenvalue weighted by molar-refractivity contribution is 5.76. The predicted octanol–water partition coefficient (Wildman–Crippen LogP) is 1.96. The van der Waals surface area contributed by atoms with Crippen LogP contribution in [0.15, 0.2) is 30.3 Å². The first-order chi connectivity index (χ1) is 8.31. The van der Waals surface area contributed by atoms with Crippen molar-refractivity contribution in [1.82, 2.24) is 10.2 Å². The van der Waals surface area contributed by atoms with Crippen LogP contribution >= 0.6 is 0 Å². The maximum Gasteiger partial charge on any atom is 0.222 e. The highest BCUT2D eigenvalue weighted by atomic mass is 16.2. The van der Waals surface area contributed by atoms with Gasteiger partial charge in [-0.15, -0.1) is 0 Å². The van der Waals surface area contributed by atoms with E-state index in [9.17, 15) is 4.79 Å². The van der Waals surface area contributed by atoms with Gasteiger partial charge in [-0.05, 0) is 12.0 Å². The number of benzene rings is 1. The zero-order valence-corrected chi connectivity index (χ0v) is 10.4. The fourth-order valence-corrected chi connectivity index (χ4v) is 2.26. The summed E-state index contributed by atoms with van der Waals surface area (Å²) in [6.07, 6.45) is 1.60. The Hall–Kier alpha value is -1.35. The van der Waals surface area contributed by atoms with E-state index < -0.39 is 0 Å². The summed E-state index contributed by atoms with van der Waals surface area (Å²) in [5, 5.41) is 3.47. The molecule has 1 heterocycles. The SMILES string of the molecule is CCCC(=O)N1CCNC(c2ccccc2)C1. The summed E-state index contributed by atoms with van der Waals surface area (Å²) in [5.41, 5.74) is 1.27. The molecule has 1 saturated heterocycles. The van der Waals surface area contributed by atoms with Crippen molar-refractivity contribution in [1.29, 1.82) is 0 Å². The average molecular weight is 232 g/mol. The van der Waals surface area contributed by atoms with Gasteiger partial charge in [0.05, 0.1) is 0 Å². The van der Waals surface area contributed by atoms with Crippen LogP contribution in [0.25, 0.3) is 0 Å². The van der Waals surface area contributed by atoms with E-state index in [-0.39, 0.29) is 11.9 Å². The lowest BCUT2D eigenvalue weighted by Gasteiger charge is -2.34. The molecule has 17 heavy (non-hydrogen) atoms.